The number of aryl methyl sites for hydroxylation is 1. The minimum atomic E-state index is -0.873. The zero-order chi connectivity index (χ0) is 31.8. The first-order chi connectivity index (χ1) is 21.9. The third kappa shape index (κ3) is 8.10. The van der Waals surface area contributed by atoms with E-state index in [0.717, 1.165) is 49.5 Å². The van der Waals surface area contributed by atoms with Gasteiger partial charge < -0.3 is 0 Å². The van der Waals surface area contributed by atoms with Crippen LogP contribution < -0.4 is 0 Å². The molecule has 4 heteroatoms. The maximum atomic E-state index is 15.5. The molecule has 0 aromatic heterocycles. The molecule has 45 heavy (non-hydrogen) atoms. The summed E-state index contributed by atoms with van der Waals surface area (Å²) in [6.45, 7) is 4.28. The van der Waals surface area contributed by atoms with Gasteiger partial charge in [-0.05, 0) is 85.0 Å². The summed E-state index contributed by atoms with van der Waals surface area (Å²) in [5.74, 6) is -1.05. The number of unbranched alkanes of at least 4 members (excludes halogenated alkanes) is 5. The molecule has 0 saturated heterocycles. The Balaban J connectivity index is 1.20. The van der Waals surface area contributed by atoms with Crippen LogP contribution in [-0.4, -0.2) is 0 Å². The molecule has 242 valence electrons. The Hall–Kier alpha value is -2.88. The lowest BCUT2D eigenvalue weighted by Crippen LogP contribution is -2.23. The lowest BCUT2D eigenvalue weighted by atomic mass is 9.70. The predicted molar refractivity (Wildman–Crippen MR) is 180 cm³/mol. The van der Waals surface area contributed by atoms with Gasteiger partial charge in [-0.25, -0.2) is 17.6 Å². The molecule has 1 fully saturated rings. The average Bonchev–Trinajstić information content (AvgIpc) is 3.07. The Bertz CT molecular complexity index is 1430. The summed E-state index contributed by atoms with van der Waals surface area (Å²) in [4.78, 5) is 0. The minimum Gasteiger partial charge on any atom is -0.203 e. The van der Waals surface area contributed by atoms with Crippen LogP contribution in [0.1, 0.15) is 121 Å². The molecule has 1 atom stereocenters. The molecule has 1 saturated carbocycles. The van der Waals surface area contributed by atoms with Crippen LogP contribution in [0.3, 0.4) is 0 Å². The third-order valence-corrected chi connectivity index (χ3v) is 10.6. The fraction of sp³-hybridized carbons (Fsp3) is 0.512. The van der Waals surface area contributed by atoms with Gasteiger partial charge in [0.15, 0.2) is 23.3 Å². The molecule has 0 bridgehead atoms. The number of hydrogen-bond donors (Lipinski definition) is 0. The molecule has 2 aliphatic carbocycles. The Labute approximate surface area is 268 Å². The van der Waals surface area contributed by atoms with Gasteiger partial charge in [0.1, 0.15) is 0 Å². The van der Waals surface area contributed by atoms with Crippen molar-refractivity contribution in [2.75, 3.05) is 0 Å². The van der Waals surface area contributed by atoms with Gasteiger partial charge in [-0.2, -0.15) is 0 Å². The van der Waals surface area contributed by atoms with Crippen molar-refractivity contribution in [1.29, 1.82) is 0 Å². The molecule has 5 rings (SSSR count). The Morgan fingerprint density at radius 3 is 1.76 bits per heavy atom. The third-order valence-electron chi connectivity index (χ3n) is 10.6. The molecule has 0 amide bonds. The minimum absolute atomic E-state index is 0.162. The first-order valence-electron chi connectivity index (χ1n) is 17.7. The highest BCUT2D eigenvalue weighted by Crippen LogP contribution is 2.43. The fourth-order valence-corrected chi connectivity index (χ4v) is 7.73. The zero-order valence-electron chi connectivity index (χ0n) is 27.3. The lowest BCUT2D eigenvalue weighted by Gasteiger charge is -2.35. The number of benzene rings is 3. The summed E-state index contributed by atoms with van der Waals surface area (Å²) in [7, 11) is 0. The number of rotatable bonds is 13. The van der Waals surface area contributed by atoms with Gasteiger partial charge in [0.2, 0.25) is 0 Å². The predicted octanol–water partition coefficient (Wildman–Crippen LogP) is 13.3. The molecule has 0 spiro atoms. The Kier molecular flexibility index (Phi) is 12.0. The van der Waals surface area contributed by atoms with Crippen molar-refractivity contribution >= 4 is 5.57 Å². The van der Waals surface area contributed by atoms with Crippen LogP contribution in [0.15, 0.2) is 54.6 Å². The second kappa shape index (κ2) is 16.1. The van der Waals surface area contributed by atoms with E-state index in [1.165, 1.54) is 64.2 Å². The van der Waals surface area contributed by atoms with Crippen molar-refractivity contribution in [2.45, 2.75) is 117 Å². The normalized spacial score (nSPS) is 20.3. The van der Waals surface area contributed by atoms with Crippen molar-refractivity contribution in [3.05, 3.63) is 89.0 Å². The zero-order valence-corrected chi connectivity index (χ0v) is 27.3. The van der Waals surface area contributed by atoms with Gasteiger partial charge >= 0.3 is 0 Å². The van der Waals surface area contributed by atoms with Gasteiger partial charge in [0.05, 0.1) is 0 Å². The highest BCUT2D eigenvalue weighted by Gasteiger charge is 2.29. The van der Waals surface area contributed by atoms with Gasteiger partial charge in [0, 0.05) is 16.7 Å². The van der Waals surface area contributed by atoms with E-state index < -0.39 is 23.3 Å². The molecule has 0 radical (unpaired) electrons. The first-order valence-corrected chi connectivity index (χ1v) is 17.7. The molecule has 3 aromatic rings. The number of halogens is 4. The highest BCUT2D eigenvalue weighted by molar-refractivity contribution is 5.74. The van der Waals surface area contributed by atoms with E-state index in [1.807, 2.05) is 6.92 Å². The quantitative estimate of drug-likeness (QED) is 0.132. The molecule has 1 unspecified atom stereocenters. The SMILES string of the molecule is CCCCCCCC1CCC(C2CC=C(c3ccc(-c4ccc(-c5ccc(CCCC)c(F)c5F)cc4)c(F)c3F)CC2)CC1. The van der Waals surface area contributed by atoms with Crippen molar-refractivity contribution in [3.63, 3.8) is 0 Å². The van der Waals surface area contributed by atoms with E-state index in [9.17, 15) is 8.78 Å². The molecule has 0 heterocycles. The maximum absolute atomic E-state index is 15.5. The van der Waals surface area contributed by atoms with Crippen molar-refractivity contribution in [1.82, 2.24) is 0 Å². The van der Waals surface area contributed by atoms with E-state index in [-0.39, 0.29) is 11.1 Å². The second-order valence-electron chi connectivity index (χ2n) is 13.6. The van der Waals surface area contributed by atoms with Gasteiger partial charge in [-0.1, -0.05) is 126 Å². The van der Waals surface area contributed by atoms with E-state index in [0.29, 0.717) is 34.6 Å². The summed E-state index contributed by atoms with van der Waals surface area (Å²) in [5.41, 5.74) is 2.96. The fourth-order valence-electron chi connectivity index (χ4n) is 7.73. The van der Waals surface area contributed by atoms with Crippen LogP contribution in [0.4, 0.5) is 17.6 Å². The summed E-state index contributed by atoms with van der Waals surface area (Å²) < 4.78 is 60.4. The number of hydrogen-bond acceptors (Lipinski definition) is 0. The van der Waals surface area contributed by atoms with E-state index in [4.69, 9.17) is 0 Å². The standard InChI is InChI=1S/C41H50F4/c1-3-5-7-8-9-10-28-12-14-29(15-13-28)30-16-18-31(19-17-30)36-26-27-37(41(45)40(36)44)33-22-20-32(21-23-33)35-25-24-34(11-6-4-2)38(42)39(35)43/h18,20-30H,3-17,19H2,1-2H3. The average molecular weight is 619 g/mol. The van der Waals surface area contributed by atoms with Crippen LogP contribution in [-0.2, 0) is 6.42 Å². The summed E-state index contributed by atoms with van der Waals surface area (Å²) in [5, 5.41) is 0. The second-order valence-corrected chi connectivity index (χ2v) is 13.6. The molecule has 3 aromatic carbocycles. The topological polar surface area (TPSA) is 0 Å². The van der Waals surface area contributed by atoms with Crippen LogP contribution in [0, 0.1) is 41.0 Å². The van der Waals surface area contributed by atoms with Gasteiger partial charge in [0.25, 0.3) is 0 Å². The summed E-state index contributed by atoms with van der Waals surface area (Å²) >= 11 is 0. The van der Waals surface area contributed by atoms with Crippen molar-refractivity contribution in [3.8, 4) is 22.3 Å². The van der Waals surface area contributed by atoms with E-state index in [1.54, 1.807) is 48.5 Å². The van der Waals surface area contributed by atoms with E-state index >= 15 is 8.78 Å². The Morgan fingerprint density at radius 1 is 0.556 bits per heavy atom. The summed E-state index contributed by atoms with van der Waals surface area (Å²) in [6, 6.07) is 13.1. The molecule has 2 aliphatic rings. The highest BCUT2D eigenvalue weighted by atomic mass is 19.2. The largest absolute Gasteiger partial charge is 0.203 e. The van der Waals surface area contributed by atoms with Crippen LogP contribution in [0.25, 0.3) is 27.8 Å². The van der Waals surface area contributed by atoms with Gasteiger partial charge in [-0.3, -0.25) is 0 Å². The van der Waals surface area contributed by atoms with Gasteiger partial charge in [-0.15, -0.1) is 0 Å². The first kappa shape index (κ1) is 33.5. The number of allylic oxidation sites excluding steroid dienone is 2. The molecule has 0 aliphatic heterocycles. The van der Waals surface area contributed by atoms with Crippen molar-refractivity contribution < 1.29 is 17.6 Å². The smallest absolute Gasteiger partial charge is 0.167 e. The van der Waals surface area contributed by atoms with Crippen LogP contribution in [0.5, 0.6) is 0 Å². The maximum Gasteiger partial charge on any atom is 0.167 e. The summed E-state index contributed by atoms with van der Waals surface area (Å²) in [6.07, 6.45) is 20.6. The van der Waals surface area contributed by atoms with Crippen LogP contribution in [0.2, 0.25) is 0 Å². The van der Waals surface area contributed by atoms with E-state index in [2.05, 4.69) is 13.0 Å². The van der Waals surface area contributed by atoms with Crippen LogP contribution >= 0.6 is 0 Å². The lowest BCUT2D eigenvalue weighted by molar-refractivity contribution is 0.187. The molecule has 0 nitrogen and oxygen atoms in total. The Morgan fingerprint density at radius 2 is 1.13 bits per heavy atom. The molecular formula is C41H50F4. The molecular weight excluding hydrogens is 568 g/mol. The molecule has 0 N–H and O–H groups in total. The monoisotopic (exact) mass is 618 g/mol. The van der Waals surface area contributed by atoms with Crippen molar-refractivity contribution in [2.24, 2.45) is 17.8 Å².